The molecule has 2 rings (SSSR count). The number of nitrogens with zero attached hydrogens (tertiary/aromatic N) is 1. The van der Waals surface area contributed by atoms with E-state index in [0.717, 1.165) is 31.2 Å². The molecule has 0 spiro atoms. The lowest BCUT2D eigenvalue weighted by Gasteiger charge is -2.32. The Kier molecular flexibility index (Phi) is 4.99. The van der Waals surface area contributed by atoms with Gasteiger partial charge >= 0.3 is 0 Å². The van der Waals surface area contributed by atoms with Gasteiger partial charge in [0.1, 0.15) is 11.8 Å². The molecule has 1 aromatic rings. The van der Waals surface area contributed by atoms with Crippen molar-refractivity contribution in [1.29, 1.82) is 5.26 Å². The fourth-order valence-electron chi connectivity index (χ4n) is 2.78. The maximum absolute atomic E-state index is 10.4. The predicted molar refractivity (Wildman–Crippen MR) is 77.5 cm³/mol. The molecule has 2 N–H and O–H groups in total. The Morgan fingerprint density at radius 2 is 2.10 bits per heavy atom. The van der Waals surface area contributed by atoms with Gasteiger partial charge in [-0.3, -0.25) is 0 Å². The largest absolute Gasteiger partial charge is 0.495 e. The fraction of sp³-hybridized carbons (Fsp3) is 0.562. The van der Waals surface area contributed by atoms with Gasteiger partial charge in [0.2, 0.25) is 0 Å². The second-order valence-corrected chi connectivity index (χ2v) is 5.53. The average Bonchev–Trinajstić information content (AvgIpc) is 2.47. The number of nitrogens with one attached hydrogen (secondary N) is 1. The SMILES string of the molecule is COc1ccc(CNCC2(O)CCCCC2)cc1C#N. The van der Waals surface area contributed by atoms with Crippen molar-refractivity contribution in [2.45, 2.75) is 44.2 Å². The molecule has 1 aliphatic rings. The van der Waals surface area contributed by atoms with Crippen LogP contribution in [0, 0.1) is 11.3 Å². The number of hydrogen-bond acceptors (Lipinski definition) is 4. The zero-order valence-corrected chi connectivity index (χ0v) is 12.0. The zero-order chi connectivity index (χ0) is 14.4. The summed E-state index contributed by atoms with van der Waals surface area (Å²) in [6.07, 6.45) is 5.21. The van der Waals surface area contributed by atoms with Crippen LogP contribution in [0.4, 0.5) is 0 Å². The smallest absolute Gasteiger partial charge is 0.136 e. The summed E-state index contributed by atoms with van der Waals surface area (Å²) in [4.78, 5) is 0. The van der Waals surface area contributed by atoms with E-state index in [1.165, 1.54) is 6.42 Å². The number of nitriles is 1. The van der Waals surface area contributed by atoms with Crippen molar-refractivity contribution in [3.05, 3.63) is 29.3 Å². The molecule has 0 aliphatic heterocycles. The van der Waals surface area contributed by atoms with Crippen molar-refractivity contribution in [2.75, 3.05) is 13.7 Å². The van der Waals surface area contributed by atoms with E-state index in [1.54, 1.807) is 7.11 Å². The molecule has 0 saturated heterocycles. The average molecular weight is 274 g/mol. The molecule has 4 heteroatoms. The highest BCUT2D eigenvalue weighted by Crippen LogP contribution is 2.27. The van der Waals surface area contributed by atoms with Gasteiger partial charge in [0.25, 0.3) is 0 Å². The summed E-state index contributed by atoms with van der Waals surface area (Å²) in [6, 6.07) is 7.71. The first-order valence-electron chi connectivity index (χ1n) is 7.17. The molecule has 108 valence electrons. The van der Waals surface area contributed by atoms with E-state index >= 15 is 0 Å². The summed E-state index contributed by atoms with van der Waals surface area (Å²) >= 11 is 0. The van der Waals surface area contributed by atoms with Crippen molar-refractivity contribution in [2.24, 2.45) is 0 Å². The molecule has 0 radical (unpaired) electrons. The van der Waals surface area contributed by atoms with E-state index in [-0.39, 0.29) is 0 Å². The molecule has 0 bridgehead atoms. The van der Waals surface area contributed by atoms with Gasteiger partial charge in [-0.05, 0) is 30.5 Å². The van der Waals surface area contributed by atoms with Crippen molar-refractivity contribution >= 4 is 0 Å². The molecular formula is C16H22N2O2. The molecule has 4 nitrogen and oxygen atoms in total. The third-order valence-corrected chi connectivity index (χ3v) is 3.95. The van der Waals surface area contributed by atoms with Crippen molar-refractivity contribution in [1.82, 2.24) is 5.32 Å². The highest BCUT2D eigenvalue weighted by Gasteiger charge is 2.28. The van der Waals surface area contributed by atoms with Gasteiger partial charge in [0.05, 0.1) is 18.3 Å². The Balaban J connectivity index is 1.89. The number of rotatable bonds is 5. The minimum Gasteiger partial charge on any atom is -0.495 e. The minimum absolute atomic E-state index is 0.545. The molecule has 1 saturated carbocycles. The van der Waals surface area contributed by atoms with E-state index in [9.17, 15) is 5.11 Å². The van der Waals surface area contributed by atoms with Crippen LogP contribution in [0.1, 0.15) is 43.2 Å². The number of benzene rings is 1. The van der Waals surface area contributed by atoms with E-state index in [2.05, 4.69) is 11.4 Å². The molecule has 0 heterocycles. The molecule has 20 heavy (non-hydrogen) atoms. The van der Waals surface area contributed by atoms with E-state index < -0.39 is 5.60 Å². The number of hydrogen-bond donors (Lipinski definition) is 2. The van der Waals surface area contributed by atoms with E-state index in [0.29, 0.717) is 24.4 Å². The first-order chi connectivity index (χ1) is 9.67. The van der Waals surface area contributed by atoms with Crippen LogP contribution in [0.3, 0.4) is 0 Å². The van der Waals surface area contributed by atoms with Crippen molar-refractivity contribution < 1.29 is 9.84 Å². The molecule has 1 fully saturated rings. The predicted octanol–water partition coefficient (Wildman–Crippen LogP) is 2.35. The number of ether oxygens (including phenoxy) is 1. The lowest BCUT2D eigenvalue weighted by atomic mass is 9.85. The van der Waals surface area contributed by atoms with Crippen LogP contribution in [0.2, 0.25) is 0 Å². The Bertz CT molecular complexity index is 488. The lowest BCUT2D eigenvalue weighted by molar-refractivity contribution is 0.00467. The Morgan fingerprint density at radius 3 is 2.75 bits per heavy atom. The van der Waals surface area contributed by atoms with Gasteiger partial charge in [0.15, 0.2) is 0 Å². The van der Waals surface area contributed by atoms with Crippen LogP contribution >= 0.6 is 0 Å². The first-order valence-corrected chi connectivity index (χ1v) is 7.17. The summed E-state index contributed by atoms with van der Waals surface area (Å²) in [6.45, 7) is 1.27. The molecule has 1 aromatic carbocycles. The highest BCUT2D eigenvalue weighted by atomic mass is 16.5. The van der Waals surface area contributed by atoms with Crippen LogP contribution in [-0.4, -0.2) is 24.4 Å². The monoisotopic (exact) mass is 274 g/mol. The Labute approximate surface area is 120 Å². The second-order valence-electron chi connectivity index (χ2n) is 5.53. The summed E-state index contributed by atoms with van der Waals surface area (Å²) in [5.74, 6) is 0.599. The van der Waals surface area contributed by atoms with Gasteiger partial charge in [-0.1, -0.05) is 25.3 Å². The van der Waals surface area contributed by atoms with Crippen LogP contribution in [0.5, 0.6) is 5.75 Å². The lowest BCUT2D eigenvalue weighted by Crippen LogP contribution is -2.41. The number of aliphatic hydroxyl groups is 1. The summed E-state index contributed by atoms with van der Waals surface area (Å²) < 4.78 is 5.12. The van der Waals surface area contributed by atoms with Crippen molar-refractivity contribution in [3.8, 4) is 11.8 Å². The molecule has 0 aromatic heterocycles. The van der Waals surface area contributed by atoms with Crippen LogP contribution in [0.25, 0.3) is 0 Å². The van der Waals surface area contributed by atoms with Crippen LogP contribution in [-0.2, 0) is 6.54 Å². The third kappa shape index (κ3) is 3.72. The molecule has 0 amide bonds. The van der Waals surface area contributed by atoms with Gasteiger partial charge in [-0.25, -0.2) is 0 Å². The van der Waals surface area contributed by atoms with Gasteiger partial charge in [-0.2, -0.15) is 5.26 Å². The standard InChI is InChI=1S/C16H22N2O2/c1-20-15-6-5-13(9-14(15)10-17)11-18-12-16(19)7-3-2-4-8-16/h5-6,9,18-19H,2-4,7-8,11-12H2,1H3. The molecular weight excluding hydrogens is 252 g/mol. The van der Waals surface area contributed by atoms with Gasteiger partial charge in [0, 0.05) is 13.1 Å². The molecule has 0 atom stereocenters. The van der Waals surface area contributed by atoms with E-state index in [4.69, 9.17) is 10.00 Å². The fourth-order valence-corrected chi connectivity index (χ4v) is 2.78. The van der Waals surface area contributed by atoms with Gasteiger partial charge in [-0.15, -0.1) is 0 Å². The first kappa shape index (κ1) is 14.8. The van der Waals surface area contributed by atoms with Crippen molar-refractivity contribution in [3.63, 3.8) is 0 Å². The summed E-state index contributed by atoms with van der Waals surface area (Å²) in [5, 5.41) is 22.8. The Morgan fingerprint density at radius 1 is 1.35 bits per heavy atom. The molecule has 1 aliphatic carbocycles. The zero-order valence-electron chi connectivity index (χ0n) is 12.0. The van der Waals surface area contributed by atoms with Gasteiger partial charge < -0.3 is 15.2 Å². The maximum Gasteiger partial charge on any atom is 0.136 e. The third-order valence-electron chi connectivity index (χ3n) is 3.95. The molecule has 0 unspecified atom stereocenters. The summed E-state index contributed by atoms with van der Waals surface area (Å²) in [7, 11) is 1.56. The van der Waals surface area contributed by atoms with Crippen LogP contribution < -0.4 is 10.1 Å². The normalized spacial score (nSPS) is 17.4. The van der Waals surface area contributed by atoms with Crippen LogP contribution in [0.15, 0.2) is 18.2 Å². The topological polar surface area (TPSA) is 65.3 Å². The maximum atomic E-state index is 10.4. The van der Waals surface area contributed by atoms with E-state index in [1.807, 2.05) is 18.2 Å². The minimum atomic E-state index is -0.553. The second kappa shape index (κ2) is 6.74. The quantitative estimate of drug-likeness (QED) is 0.865. The summed E-state index contributed by atoms with van der Waals surface area (Å²) in [5.41, 5.74) is 1.02. The highest BCUT2D eigenvalue weighted by molar-refractivity contribution is 5.45. The Hall–Kier alpha value is -1.57. The number of methoxy groups -OCH3 is 1.